The Morgan fingerprint density at radius 2 is 1.74 bits per heavy atom. The van der Waals surface area contributed by atoms with Crippen LogP contribution in [-0.2, 0) is 20.7 Å². The van der Waals surface area contributed by atoms with Gasteiger partial charge in [-0.25, -0.2) is 0 Å². The summed E-state index contributed by atoms with van der Waals surface area (Å²) in [7, 11) is 0. The third-order valence-corrected chi connectivity index (χ3v) is 5.84. The number of benzene rings is 2. The van der Waals surface area contributed by atoms with Crippen LogP contribution in [0.4, 0.5) is 5.69 Å². The van der Waals surface area contributed by atoms with Gasteiger partial charge in [-0.15, -0.1) is 0 Å². The Bertz CT molecular complexity index is 1010. The summed E-state index contributed by atoms with van der Waals surface area (Å²) in [5, 5.41) is 0. The lowest BCUT2D eigenvalue weighted by molar-refractivity contribution is -0.137. The number of nitrogens with zero attached hydrogens (tertiary/aromatic N) is 2. The van der Waals surface area contributed by atoms with Gasteiger partial charge in [0.1, 0.15) is 5.70 Å². The van der Waals surface area contributed by atoms with E-state index in [1.807, 2.05) is 63.2 Å². The summed E-state index contributed by atoms with van der Waals surface area (Å²) < 4.78 is 5.61. The van der Waals surface area contributed by atoms with Gasteiger partial charge in [0.05, 0.1) is 11.7 Å². The van der Waals surface area contributed by atoms with E-state index in [4.69, 9.17) is 4.74 Å². The molecule has 0 radical (unpaired) electrons. The zero-order valence-electron chi connectivity index (χ0n) is 18.6. The van der Waals surface area contributed by atoms with Crippen molar-refractivity contribution in [1.82, 2.24) is 4.90 Å². The average Bonchev–Trinajstić information content (AvgIpc) is 3.01. The lowest BCUT2D eigenvalue weighted by atomic mass is 9.98. The van der Waals surface area contributed by atoms with E-state index in [1.165, 1.54) is 10.5 Å². The molecule has 5 nitrogen and oxygen atoms in total. The number of hydrogen-bond donors (Lipinski definition) is 0. The molecule has 0 aromatic heterocycles. The molecule has 2 aliphatic rings. The Morgan fingerprint density at radius 3 is 2.48 bits per heavy atom. The van der Waals surface area contributed by atoms with Gasteiger partial charge in [-0.05, 0) is 57.2 Å². The molecule has 2 aromatic carbocycles. The van der Waals surface area contributed by atoms with Crippen LogP contribution in [0.5, 0.6) is 0 Å². The van der Waals surface area contributed by atoms with Crippen LogP contribution in [0.15, 0.2) is 54.2 Å². The van der Waals surface area contributed by atoms with E-state index in [1.54, 1.807) is 0 Å². The van der Waals surface area contributed by atoms with Gasteiger partial charge >= 0.3 is 0 Å². The molecule has 0 unspecified atom stereocenters. The number of hydrogen-bond acceptors (Lipinski definition) is 4. The molecule has 31 heavy (non-hydrogen) atoms. The molecule has 4 rings (SSSR count). The maximum Gasteiger partial charge on any atom is 0.278 e. The minimum atomic E-state index is -0.212. The van der Waals surface area contributed by atoms with Crippen molar-refractivity contribution in [1.29, 1.82) is 0 Å². The summed E-state index contributed by atoms with van der Waals surface area (Å²) in [6.07, 6.45) is 2.69. The molecule has 0 N–H and O–H groups in total. The molecule has 2 aromatic rings. The number of imide groups is 1. The van der Waals surface area contributed by atoms with Crippen LogP contribution in [0, 0.1) is 6.92 Å². The molecule has 2 heterocycles. The van der Waals surface area contributed by atoms with Gasteiger partial charge in [0.25, 0.3) is 11.8 Å². The van der Waals surface area contributed by atoms with Crippen molar-refractivity contribution in [2.45, 2.75) is 46.1 Å². The van der Waals surface area contributed by atoms with Gasteiger partial charge in [-0.2, -0.15) is 0 Å². The molecule has 0 atom stereocenters. The molecule has 2 aliphatic heterocycles. The van der Waals surface area contributed by atoms with Gasteiger partial charge in [0.15, 0.2) is 0 Å². The predicted molar refractivity (Wildman–Crippen MR) is 123 cm³/mol. The van der Waals surface area contributed by atoms with E-state index in [9.17, 15) is 9.59 Å². The van der Waals surface area contributed by atoms with Gasteiger partial charge in [-0.3, -0.25) is 14.5 Å². The maximum absolute atomic E-state index is 13.6. The monoisotopic (exact) mass is 418 g/mol. The zero-order valence-corrected chi connectivity index (χ0v) is 18.6. The Hall–Kier alpha value is -2.92. The lowest BCUT2D eigenvalue weighted by Gasteiger charge is -2.32. The van der Waals surface area contributed by atoms with E-state index in [0.717, 1.165) is 36.2 Å². The molecule has 0 saturated heterocycles. The van der Waals surface area contributed by atoms with E-state index >= 15 is 0 Å². The second-order valence-corrected chi connectivity index (χ2v) is 8.51. The SMILES string of the molecule is Cc1ccc(C2=C(N3CCCc4ccccc43)C(=O)N(CCCOC(C)C)C2=O)cc1. The van der Waals surface area contributed by atoms with Crippen LogP contribution in [-0.4, -0.2) is 42.5 Å². The highest BCUT2D eigenvalue weighted by Gasteiger charge is 2.42. The predicted octanol–water partition coefficient (Wildman–Crippen LogP) is 4.34. The Labute approximate surface area is 184 Å². The molecule has 0 saturated carbocycles. The first-order valence-corrected chi connectivity index (χ1v) is 11.1. The summed E-state index contributed by atoms with van der Waals surface area (Å²) in [5.74, 6) is -0.418. The third-order valence-electron chi connectivity index (χ3n) is 5.84. The summed E-state index contributed by atoms with van der Waals surface area (Å²) in [4.78, 5) is 30.5. The number of anilines is 1. The van der Waals surface area contributed by atoms with Crippen molar-refractivity contribution < 1.29 is 14.3 Å². The Kier molecular flexibility index (Phi) is 6.23. The van der Waals surface area contributed by atoms with Gasteiger partial charge in [0.2, 0.25) is 0 Å². The number of para-hydroxylation sites is 1. The average molecular weight is 419 g/mol. The molecule has 5 heteroatoms. The first-order chi connectivity index (χ1) is 15.0. The summed E-state index contributed by atoms with van der Waals surface area (Å²) in [6.45, 7) is 7.59. The van der Waals surface area contributed by atoms with Crippen LogP contribution >= 0.6 is 0 Å². The molecule has 0 bridgehead atoms. The number of aryl methyl sites for hydroxylation is 2. The number of carbonyl (C=O) groups excluding carboxylic acids is 2. The highest BCUT2D eigenvalue weighted by atomic mass is 16.5. The van der Waals surface area contributed by atoms with Crippen molar-refractivity contribution in [3.63, 3.8) is 0 Å². The zero-order chi connectivity index (χ0) is 22.0. The van der Waals surface area contributed by atoms with Crippen LogP contribution in [0.1, 0.15) is 43.4 Å². The summed E-state index contributed by atoms with van der Waals surface area (Å²) >= 11 is 0. The van der Waals surface area contributed by atoms with E-state index in [2.05, 4.69) is 11.0 Å². The third kappa shape index (κ3) is 4.28. The molecule has 2 amide bonds. The summed E-state index contributed by atoms with van der Waals surface area (Å²) in [5.41, 5.74) is 5.17. The van der Waals surface area contributed by atoms with Crippen molar-refractivity contribution >= 4 is 23.1 Å². The van der Waals surface area contributed by atoms with Crippen molar-refractivity contribution in [2.24, 2.45) is 0 Å². The highest BCUT2D eigenvalue weighted by Crippen LogP contribution is 2.37. The standard InChI is InChI=1S/C26H30N2O3/c1-18(2)31-17-7-16-28-25(29)23(21-13-11-19(3)12-14-21)24(26(28)30)27-15-6-9-20-8-4-5-10-22(20)27/h4-5,8,10-14,18H,6-7,9,15-17H2,1-3H3. The number of fused-ring (bicyclic) bond motifs is 1. The minimum Gasteiger partial charge on any atom is -0.379 e. The topological polar surface area (TPSA) is 49.9 Å². The van der Waals surface area contributed by atoms with Gasteiger partial charge < -0.3 is 9.64 Å². The fraction of sp³-hybridized carbons (Fsp3) is 0.385. The number of carbonyl (C=O) groups is 2. The van der Waals surface area contributed by atoms with Crippen molar-refractivity contribution in [3.8, 4) is 0 Å². The molecule has 0 spiro atoms. The largest absolute Gasteiger partial charge is 0.379 e. The highest BCUT2D eigenvalue weighted by molar-refractivity contribution is 6.36. The van der Waals surface area contributed by atoms with Crippen molar-refractivity contribution in [3.05, 3.63) is 70.9 Å². The Balaban J connectivity index is 1.72. The number of ether oxygens (including phenoxy) is 1. The maximum atomic E-state index is 13.6. The van der Waals surface area contributed by atoms with Crippen LogP contribution in [0.2, 0.25) is 0 Å². The van der Waals surface area contributed by atoms with E-state index in [-0.39, 0.29) is 17.9 Å². The lowest BCUT2D eigenvalue weighted by Crippen LogP contribution is -2.38. The van der Waals surface area contributed by atoms with Gasteiger partial charge in [0, 0.05) is 25.4 Å². The fourth-order valence-electron chi connectivity index (χ4n) is 4.30. The van der Waals surface area contributed by atoms with E-state index in [0.29, 0.717) is 30.8 Å². The van der Waals surface area contributed by atoms with Gasteiger partial charge in [-0.1, -0.05) is 48.0 Å². The second kappa shape index (κ2) is 9.06. The van der Waals surface area contributed by atoms with Crippen molar-refractivity contribution in [2.75, 3.05) is 24.6 Å². The fourth-order valence-corrected chi connectivity index (χ4v) is 4.30. The molecular formula is C26H30N2O3. The number of rotatable bonds is 7. The van der Waals surface area contributed by atoms with E-state index < -0.39 is 0 Å². The molecule has 0 aliphatic carbocycles. The quantitative estimate of drug-likeness (QED) is 0.496. The summed E-state index contributed by atoms with van der Waals surface area (Å²) in [6, 6.07) is 16.0. The first kappa shape index (κ1) is 21.3. The molecular weight excluding hydrogens is 388 g/mol. The second-order valence-electron chi connectivity index (χ2n) is 8.51. The smallest absolute Gasteiger partial charge is 0.278 e. The minimum absolute atomic E-state index is 0.131. The Morgan fingerprint density at radius 1 is 1.00 bits per heavy atom. The van der Waals surface area contributed by atoms with Crippen LogP contribution < -0.4 is 4.90 Å². The van der Waals surface area contributed by atoms with Crippen LogP contribution in [0.25, 0.3) is 5.57 Å². The molecule has 0 fully saturated rings. The normalized spacial score (nSPS) is 16.5. The first-order valence-electron chi connectivity index (χ1n) is 11.1. The van der Waals surface area contributed by atoms with Crippen LogP contribution in [0.3, 0.4) is 0 Å². The number of amides is 2. The molecule has 162 valence electrons.